The van der Waals surface area contributed by atoms with Crippen LogP contribution in [0, 0.1) is 0 Å². The van der Waals surface area contributed by atoms with Crippen molar-refractivity contribution in [3.8, 4) is 5.75 Å². The molecule has 0 aliphatic heterocycles. The second-order valence-electron chi connectivity index (χ2n) is 4.00. The zero-order valence-corrected chi connectivity index (χ0v) is 9.73. The van der Waals surface area contributed by atoms with E-state index in [0.29, 0.717) is 12.6 Å². The van der Waals surface area contributed by atoms with E-state index < -0.39 is 0 Å². The highest BCUT2D eigenvalue weighted by molar-refractivity contribution is 5.43. The van der Waals surface area contributed by atoms with Crippen molar-refractivity contribution >= 4 is 5.69 Å². The molecule has 2 N–H and O–H groups in total. The van der Waals surface area contributed by atoms with E-state index in [2.05, 4.69) is 25.8 Å². The van der Waals surface area contributed by atoms with Gasteiger partial charge in [0.05, 0.1) is 0 Å². The van der Waals surface area contributed by atoms with Crippen LogP contribution < -0.4 is 10.5 Å². The molecule has 0 saturated heterocycles. The third kappa shape index (κ3) is 4.21. The van der Waals surface area contributed by atoms with Crippen molar-refractivity contribution in [3.05, 3.63) is 24.3 Å². The molecule has 0 radical (unpaired) electrons. The van der Waals surface area contributed by atoms with Gasteiger partial charge in [0.2, 0.25) is 0 Å². The molecule has 3 heteroatoms. The highest BCUT2D eigenvalue weighted by Crippen LogP contribution is 2.14. The third-order valence-electron chi connectivity index (χ3n) is 2.45. The molecule has 0 unspecified atom stereocenters. The fourth-order valence-corrected chi connectivity index (χ4v) is 1.17. The minimum absolute atomic E-state index is 0.550. The summed E-state index contributed by atoms with van der Waals surface area (Å²) in [6.45, 7) is 5.95. The molecule has 0 heterocycles. The number of nitrogen functional groups attached to an aromatic ring is 1. The number of anilines is 1. The first-order valence-corrected chi connectivity index (χ1v) is 5.28. The van der Waals surface area contributed by atoms with E-state index >= 15 is 0 Å². The van der Waals surface area contributed by atoms with Crippen molar-refractivity contribution in [1.82, 2.24) is 4.90 Å². The van der Waals surface area contributed by atoms with Gasteiger partial charge in [-0.3, -0.25) is 0 Å². The molecule has 0 atom stereocenters. The van der Waals surface area contributed by atoms with Crippen LogP contribution in [0.3, 0.4) is 0 Å². The molecule has 15 heavy (non-hydrogen) atoms. The van der Waals surface area contributed by atoms with E-state index in [0.717, 1.165) is 18.0 Å². The Kier molecular flexibility index (Phi) is 4.43. The van der Waals surface area contributed by atoms with Gasteiger partial charge in [-0.15, -0.1) is 0 Å². The summed E-state index contributed by atoms with van der Waals surface area (Å²) in [5.74, 6) is 0.840. The number of hydrogen-bond acceptors (Lipinski definition) is 3. The van der Waals surface area contributed by atoms with Gasteiger partial charge in [-0.05, 0) is 33.0 Å². The van der Waals surface area contributed by atoms with Crippen molar-refractivity contribution in [2.45, 2.75) is 19.9 Å². The Morgan fingerprint density at radius 2 is 2.13 bits per heavy atom. The first-order valence-electron chi connectivity index (χ1n) is 5.28. The summed E-state index contributed by atoms with van der Waals surface area (Å²) in [5.41, 5.74) is 6.39. The van der Waals surface area contributed by atoms with E-state index in [-0.39, 0.29) is 0 Å². The van der Waals surface area contributed by atoms with Gasteiger partial charge in [-0.1, -0.05) is 6.07 Å². The van der Waals surface area contributed by atoms with Gasteiger partial charge in [0.25, 0.3) is 0 Å². The van der Waals surface area contributed by atoms with Gasteiger partial charge in [0.15, 0.2) is 0 Å². The summed E-state index contributed by atoms with van der Waals surface area (Å²) in [5, 5.41) is 0. The Balaban J connectivity index is 2.32. The third-order valence-corrected chi connectivity index (χ3v) is 2.45. The first kappa shape index (κ1) is 11.9. The number of nitrogens with two attached hydrogens (primary N) is 1. The smallest absolute Gasteiger partial charge is 0.121 e. The zero-order chi connectivity index (χ0) is 11.3. The summed E-state index contributed by atoms with van der Waals surface area (Å²) in [4.78, 5) is 2.24. The fourth-order valence-electron chi connectivity index (χ4n) is 1.17. The van der Waals surface area contributed by atoms with Gasteiger partial charge in [-0.25, -0.2) is 0 Å². The van der Waals surface area contributed by atoms with Gasteiger partial charge in [-0.2, -0.15) is 0 Å². The maximum atomic E-state index is 5.65. The molecule has 1 rings (SSSR count). The van der Waals surface area contributed by atoms with Crippen LogP contribution in [0.1, 0.15) is 13.8 Å². The SMILES string of the molecule is CC(C)N(C)CCOc1cccc(N)c1. The lowest BCUT2D eigenvalue weighted by Gasteiger charge is -2.20. The van der Waals surface area contributed by atoms with Crippen LogP contribution in [0.25, 0.3) is 0 Å². The summed E-state index contributed by atoms with van der Waals surface area (Å²) >= 11 is 0. The Hall–Kier alpha value is -1.22. The summed E-state index contributed by atoms with van der Waals surface area (Å²) in [7, 11) is 2.09. The van der Waals surface area contributed by atoms with Crippen LogP contribution in [0.4, 0.5) is 5.69 Å². The van der Waals surface area contributed by atoms with E-state index in [1.165, 1.54) is 0 Å². The van der Waals surface area contributed by atoms with E-state index in [1.54, 1.807) is 0 Å². The minimum atomic E-state index is 0.550. The van der Waals surface area contributed by atoms with Crippen molar-refractivity contribution in [1.29, 1.82) is 0 Å². The maximum absolute atomic E-state index is 5.65. The zero-order valence-electron chi connectivity index (χ0n) is 9.73. The number of nitrogens with zero attached hydrogens (tertiary/aromatic N) is 1. The standard InChI is InChI=1S/C12H20N2O/c1-10(2)14(3)7-8-15-12-6-4-5-11(13)9-12/h4-6,9-10H,7-8,13H2,1-3H3. The molecule has 0 amide bonds. The van der Waals surface area contributed by atoms with Gasteiger partial charge >= 0.3 is 0 Å². The molecule has 0 fully saturated rings. The van der Waals surface area contributed by atoms with Gasteiger partial charge < -0.3 is 15.4 Å². The monoisotopic (exact) mass is 208 g/mol. The molecule has 1 aromatic rings. The number of ether oxygens (including phenoxy) is 1. The van der Waals surface area contributed by atoms with E-state index in [1.807, 2.05) is 24.3 Å². The van der Waals surface area contributed by atoms with Crippen molar-refractivity contribution in [2.24, 2.45) is 0 Å². The molecule has 84 valence electrons. The lowest BCUT2D eigenvalue weighted by molar-refractivity contribution is 0.208. The first-order chi connectivity index (χ1) is 7.09. The molecule has 0 bridgehead atoms. The maximum Gasteiger partial charge on any atom is 0.121 e. The summed E-state index contributed by atoms with van der Waals surface area (Å²) in [6.07, 6.45) is 0. The summed E-state index contributed by atoms with van der Waals surface area (Å²) in [6, 6.07) is 8.07. The highest BCUT2D eigenvalue weighted by Gasteiger charge is 2.02. The van der Waals surface area contributed by atoms with E-state index in [4.69, 9.17) is 10.5 Å². The molecular formula is C12H20N2O. The lowest BCUT2D eigenvalue weighted by atomic mass is 10.3. The quantitative estimate of drug-likeness (QED) is 0.752. The number of rotatable bonds is 5. The van der Waals surface area contributed by atoms with Crippen LogP contribution >= 0.6 is 0 Å². The molecule has 1 aromatic carbocycles. The molecule has 0 aliphatic carbocycles. The molecule has 0 saturated carbocycles. The Morgan fingerprint density at radius 3 is 2.73 bits per heavy atom. The number of benzene rings is 1. The Labute approximate surface area is 91.8 Å². The highest BCUT2D eigenvalue weighted by atomic mass is 16.5. The van der Waals surface area contributed by atoms with Crippen LogP contribution in [0.5, 0.6) is 5.75 Å². The van der Waals surface area contributed by atoms with Gasteiger partial charge in [0.1, 0.15) is 12.4 Å². The minimum Gasteiger partial charge on any atom is -0.492 e. The normalized spacial score (nSPS) is 11.0. The molecule has 0 aromatic heterocycles. The second-order valence-corrected chi connectivity index (χ2v) is 4.00. The van der Waals surface area contributed by atoms with Crippen LogP contribution in [0.15, 0.2) is 24.3 Å². The molecule has 0 aliphatic rings. The fraction of sp³-hybridized carbons (Fsp3) is 0.500. The molecule has 3 nitrogen and oxygen atoms in total. The van der Waals surface area contributed by atoms with Crippen LogP contribution in [0.2, 0.25) is 0 Å². The lowest BCUT2D eigenvalue weighted by Crippen LogP contribution is -2.30. The molecular weight excluding hydrogens is 188 g/mol. The predicted octanol–water partition coefficient (Wildman–Crippen LogP) is 1.99. The number of likely N-dealkylation sites (N-methyl/N-ethyl adjacent to an activating group) is 1. The summed E-state index contributed by atoms with van der Waals surface area (Å²) < 4.78 is 5.59. The predicted molar refractivity (Wildman–Crippen MR) is 64.1 cm³/mol. The van der Waals surface area contributed by atoms with Gasteiger partial charge in [0, 0.05) is 24.3 Å². The van der Waals surface area contributed by atoms with Crippen LogP contribution in [-0.4, -0.2) is 31.1 Å². The average molecular weight is 208 g/mol. The van der Waals surface area contributed by atoms with Crippen LogP contribution in [-0.2, 0) is 0 Å². The Morgan fingerprint density at radius 1 is 1.40 bits per heavy atom. The number of hydrogen-bond donors (Lipinski definition) is 1. The van der Waals surface area contributed by atoms with E-state index in [9.17, 15) is 0 Å². The average Bonchev–Trinajstić information content (AvgIpc) is 2.17. The molecule has 0 spiro atoms. The van der Waals surface area contributed by atoms with Crippen molar-refractivity contribution in [3.63, 3.8) is 0 Å². The van der Waals surface area contributed by atoms with Crippen molar-refractivity contribution < 1.29 is 4.74 Å². The Bertz CT molecular complexity index is 299. The largest absolute Gasteiger partial charge is 0.492 e. The second kappa shape index (κ2) is 5.61. The topological polar surface area (TPSA) is 38.5 Å². The van der Waals surface area contributed by atoms with Crippen molar-refractivity contribution in [2.75, 3.05) is 25.9 Å².